The fraction of sp³-hybridized carbons (Fsp3) is 0.571. The van der Waals surface area contributed by atoms with Crippen molar-refractivity contribution in [3.05, 3.63) is 41.2 Å². The van der Waals surface area contributed by atoms with Gasteiger partial charge in [-0.2, -0.15) is 0 Å². The molecule has 1 saturated heterocycles. The third-order valence-corrected chi connectivity index (χ3v) is 5.49. The summed E-state index contributed by atoms with van der Waals surface area (Å²) in [5.74, 6) is 1.46. The van der Waals surface area contributed by atoms with Crippen LogP contribution in [0.25, 0.3) is 0 Å². The number of ether oxygens (including phenoxy) is 1. The molecule has 0 N–H and O–H groups in total. The maximum Gasteiger partial charge on any atom is 0.253 e. The van der Waals surface area contributed by atoms with E-state index in [2.05, 4.69) is 31.1 Å². The van der Waals surface area contributed by atoms with Crippen molar-refractivity contribution in [3.63, 3.8) is 0 Å². The van der Waals surface area contributed by atoms with Gasteiger partial charge in [0.1, 0.15) is 5.75 Å². The maximum absolute atomic E-state index is 13.0. The fourth-order valence-electron chi connectivity index (χ4n) is 3.90. The van der Waals surface area contributed by atoms with E-state index in [1.807, 2.05) is 34.0 Å². The number of hydrogen-bond acceptors (Lipinski definition) is 4. The highest BCUT2D eigenvalue weighted by molar-refractivity contribution is 5.94. The van der Waals surface area contributed by atoms with Crippen molar-refractivity contribution in [1.82, 2.24) is 19.9 Å². The third-order valence-electron chi connectivity index (χ3n) is 5.49. The number of aromatic nitrogens is 3. The Morgan fingerprint density at radius 3 is 2.96 bits per heavy atom. The van der Waals surface area contributed by atoms with E-state index in [4.69, 9.17) is 4.74 Å². The normalized spacial score (nSPS) is 19.7. The van der Waals surface area contributed by atoms with E-state index in [0.29, 0.717) is 12.5 Å². The standard InChI is InChI=1S/C21H28N4O2/c1-21(2,3)19-14-25(23-22-19)13-15-5-4-9-24(12-15)20(26)17-6-7-18-16(11-17)8-10-27-18/h6-7,11,14-15H,4-5,8-10,12-13H2,1-3H3/t15-/m1/s1. The molecule has 1 amide bonds. The van der Waals surface area contributed by atoms with E-state index in [9.17, 15) is 4.79 Å². The Bertz CT molecular complexity index is 837. The summed E-state index contributed by atoms with van der Waals surface area (Å²) in [4.78, 5) is 15.0. The molecule has 4 rings (SSSR count). The predicted octanol–water partition coefficient (Wildman–Crippen LogP) is 3.06. The second kappa shape index (κ2) is 6.98. The average molecular weight is 368 g/mol. The predicted molar refractivity (Wildman–Crippen MR) is 103 cm³/mol. The van der Waals surface area contributed by atoms with Gasteiger partial charge in [-0.05, 0) is 42.5 Å². The number of nitrogens with zero attached hydrogens (tertiary/aromatic N) is 4. The van der Waals surface area contributed by atoms with Crippen LogP contribution in [0.15, 0.2) is 24.4 Å². The van der Waals surface area contributed by atoms with E-state index in [-0.39, 0.29) is 11.3 Å². The second-order valence-electron chi connectivity index (χ2n) is 8.76. The van der Waals surface area contributed by atoms with Crippen LogP contribution in [0.1, 0.15) is 55.2 Å². The Labute approximate surface area is 160 Å². The highest BCUT2D eigenvalue weighted by atomic mass is 16.5. The first-order chi connectivity index (χ1) is 12.9. The van der Waals surface area contributed by atoms with Crippen molar-refractivity contribution >= 4 is 5.91 Å². The zero-order valence-electron chi connectivity index (χ0n) is 16.4. The number of likely N-dealkylation sites (tertiary alicyclic amines) is 1. The molecule has 2 aliphatic heterocycles. The molecule has 2 aromatic rings. The number of fused-ring (bicyclic) bond motifs is 1. The molecule has 1 aromatic carbocycles. The minimum absolute atomic E-state index is 0.00407. The molecule has 0 spiro atoms. The lowest BCUT2D eigenvalue weighted by Gasteiger charge is -2.32. The smallest absolute Gasteiger partial charge is 0.253 e. The fourth-order valence-corrected chi connectivity index (χ4v) is 3.90. The Morgan fingerprint density at radius 2 is 2.19 bits per heavy atom. The minimum Gasteiger partial charge on any atom is -0.493 e. The molecular formula is C21H28N4O2. The highest BCUT2D eigenvalue weighted by Crippen LogP contribution is 2.27. The summed E-state index contributed by atoms with van der Waals surface area (Å²) in [6.45, 7) is 9.56. The van der Waals surface area contributed by atoms with Gasteiger partial charge in [-0.15, -0.1) is 5.10 Å². The van der Waals surface area contributed by atoms with Crippen LogP contribution in [0, 0.1) is 5.92 Å². The molecule has 27 heavy (non-hydrogen) atoms. The van der Waals surface area contributed by atoms with Crippen LogP contribution in [0.4, 0.5) is 0 Å². The molecular weight excluding hydrogens is 340 g/mol. The van der Waals surface area contributed by atoms with Crippen LogP contribution >= 0.6 is 0 Å². The Morgan fingerprint density at radius 1 is 1.33 bits per heavy atom. The maximum atomic E-state index is 13.0. The van der Waals surface area contributed by atoms with Gasteiger partial charge in [0.2, 0.25) is 0 Å². The van der Waals surface area contributed by atoms with Crippen LogP contribution in [0.3, 0.4) is 0 Å². The molecule has 0 aliphatic carbocycles. The average Bonchev–Trinajstić information content (AvgIpc) is 3.29. The zero-order chi connectivity index (χ0) is 19.0. The molecule has 0 saturated carbocycles. The van der Waals surface area contributed by atoms with Crippen LogP contribution in [-0.4, -0.2) is 45.5 Å². The molecule has 1 aromatic heterocycles. The van der Waals surface area contributed by atoms with E-state index < -0.39 is 0 Å². The third kappa shape index (κ3) is 3.84. The van der Waals surface area contributed by atoms with Gasteiger partial charge in [0, 0.05) is 43.2 Å². The second-order valence-corrected chi connectivity index (χ2v) is 8.76. The first-order valence-electron chi connectivity index (χ1n) is 9.86. The van der Waals surface area contributed by atoms with Crippen molar-refractivity contribution in [2.24, 2.45) is 5.92 Å². The highest BCUT2D eigenvalue weighted by Gasteiger charge is 2.26. The number of benzene rings is 1. The van der Waals surface area contributed by atoms with Crippen molar-refractivity contribution in [1.29, 1.82) is 0 Å². The molecule has 0 radical (unpaired) electrons. The van der Waals surface area contributed by atoms with E-state index in [1.54, 1.807) is 0 Å². The molecule has 2 aliphatic rings. The van der Waals surface area contributed by atoms with E-state index in [1.165, 1.54) is 0 Å². The first kappa shape index (κ1) is 18.0. The largest absolute Gasteiger partial charge is 0.493 e. The van der Waals surface area contributed by atoms with Gasteiger partial charge in [-0.25, -0.2) is 0 Å². The quantitative estimate of drug-likeness (QED) is 0.835. The summed E-state index contributed by atoms with van der Waals surface area (Å²) in [7, 11) is 0. The first-order valence-corrected chi connectivity index (χ1v) is 9.86. The topological polar surface area (TPSA) is 60.2 Å². The molecule has 144 valence electrons. The van der Waals surface area contributed by atoms with Crippen molar-refractivity contribution in [2.45, 2.75) is 52.0 Å². The van der Waals surface area contributed by atoms with Gasteiger partial charge in [0.05, 0.1) is 12.3 Å². The van der Waals surface area contributed by atoms with Gasteiger partial charge in [-0.1, -0.05) is 26.0 Å². The summed E-state index contributed by atoms with van der Waals surface area (Å²) in [6, 6.07) is 5.82. The summed E-state index contributed by atoms with van der Waals surface area (Å²) in [6.07, 6.45) is 5.08. The van der Waals surface area contributed by atoms with Gasteiger partial charge in [-0.3, -0.25) is 9.48 Å². The summed E-state index contributed by atoms with van der Waals surface area (Å²) in [5.41, 5.74) is 2.93. The van der Waals surface area contributed by atoms with Gasteiger partial charge in [0.25, 0.3) is 5.91 Å². The monoisotopic (exact) mass is 368 g/mol. The van der Waals surface area contributed by atoms with Crippen LogP contribution in [0.5, 0.6) is 5.75 Å². The Hall–Kier alpha value is -2.37. The summed E-state index contributed by atoms with van der Waals surface area (Å²) in [5, 5.41) is 8.60. The summed E-state index contributed by atoms with van der Waals surface area (Å²) >= 11 is 0. The molecule has 1 fully saturated rings. The number of hydrogen-bond donors (Lipinski definition) is 0. The van der Waals surface area contributed by atoms with Crippen molar-refractivity contribution in [2.75, 3.05) is 19.7 Å². The molecule has 3 heterocycles. The number of amides is 1. The van der Waals surface area contributed by atoms with Crippen molar-refractivity contribution in [3.8, 4) is 5.75 Å². The SMILES string of the molecule is CC(C)(C)c1cn(C[C@@H]2CCCN(C(=O)c3ccc4c(c3)CCO4)C2)nn1. The van der Waals surface area contributed by atoms with Crippen LogP contribution in [-0.2, 0) is 18.4 Å². The number of piperidine rings is 1. The van der Waals surface area contributed by atoms with Crippen LogP contribution < -0.4 is 4.74 Å². The van der Waals surface area contributed by atoms with Crippen molar-refractivity contribution < 1.29 is 9.53 Å². The van der Waals surface area contributed by atoms with E-state index >= 15 is 0 Å². The number of rotatable bonds is 3. The van der Waals surface area contributed by atoms with Crippen LogP contribution in [0.2, 0.25) is 0 Å². The van der Waals surface area contributed by atoms with Gasteiger partial charge < -0.3 is 9.64 Å². The minimum atomic E-state index is 0.00407. The Balaban J connectivity index is 1.42. The summed E-state index contributed by atoms with van der Waals surface area (Å²) < 4.78 is 7.48. The lowest BCUT2D eigenvalue weighted by Crippen LogP contribution is -2.41. The molecule has 0 unspecified atom stereocenters. The molecule has 0 bridgehead atoms. The van der Waals surface area contributed by atoms with E-state index in [0.717, 1.165) is 61.5 Å². The zero-order valence-corrected chi connectivity index (χ0v) is 16.4. The molecule has 6 nitrogen and oxygen atoms in total. The van der Waals surface area contributed by atoms with Gasteiger partial charge >= 0.3 is 0 Å². The lowest BCUT2D eigenvalue weighted by molar-refractivity contribution is 0.0659. The number of carbonyl (C=O) groups is 1. The number of carbonyl (C=O) groups excluding carboxylic acids is 1. The Kier molecular flexibility index (Phi) is 4.66. The molecule has 6 heteroatoms. The van der Waals surface area contributed by atoms with Gasteiger partial charge in [0.15, 0.2) is 0 Å². The lowest BCUT2D eigenvalue weighted by atomic mass is 9.93. The molecule has 1 atom stereocenters.